The molecular formula is C14H12N2O7S. The van der Waals surface area contributed by atoms with Gasteiger partial charge in [0.25, 0.3) is 16.0 Å². The summed E-state index contributed by atoms with van der Waals surface area (Å²) in [6.45, 7) is 0. The number of rotatable bonds is 4. The number of benzene rings is 2. The molecule has 9 nitrogen and oxygen atoms in total. The predicted octanol–water partition coefficient (Wildman–Crippen LogP) is 1.17. The molecule has 24 heavy (non-hydrogen) atoms. The quantitative estimate of drug-likeness (QED) is 0.310. The van der Waals surface area contributed by atoms with Crippen molar-refractivity contribution in [3.05, 3.63) is 47.5 Å². The third-order valence-corrected chi connectivity index (χ3v) is 3.96. The van der Waals surface area contributed by atoms with Crippen LogP contribution in [0.15, 0.2) is 41.3 Å². The Morgan fingerprint density at radius 1 is 1.12 bits per heavy atom. The fourth-order valence-corrected chi connectivity index (χ4v) is 2.62. The van der Waals surface area contributed by atoms with Gasteiger partial charge in [0.1, 0.15) is 16.1 Å². The average Bonchev–Trinajstić information content (AvgIpc) is 2.51. The number of carboxylic acids is 1. The Morgan fingerprint density at radius 3 is 2.21 bits per heavy atom. The van der Waals surface area contributed by atoms with Gasteiger partial charge < -0.3 is 21.3 Å². The highest BCUT2D eigenvalue weighted by molar-refractivity contribution is 7.86. The zero-order valence-corrected chi connectivity index (χ0v) is 12.7. The fraction of sp³-hybridized carbons (Fsp3) is 0. The van der Waals surface area contributed by atoms with Crippen LogP contribution < -0.4 is 11.1 Å². The van der Waals surface area contributed by atoms with Gasteiger partial charge in [-0.25, -0.2) is 4.79 Å². The molecule has 2 aromatic rings. The van der Waals surface area contributed by atoms with Crippen molar-refractivity contribution in [3.63, 3.8) is 0 Å². The minimum absolute atomic E-state index is 0.153. The molecule has 10 heteroatoms. The maximum atomic E-state index is 12.1. The van der Waals surface area contributed by atoms with Crippen LogP contribution in [0.3, 0.4) is 0 Å². The molecule has 0 heterocycles. The van der Waals surface area contributed by atoms with Crippen molar-refractivity contribution in [1.82, 2.24) is 0 Å². The van der Waals surface area contributed by atoms with E-state index in [4.69, 9.17) is 10.8 Å². The molecule has 0 bridgehead atoms. The topological polar surface area (TPSA) is 167 Å². The first-order chi connectivity index (χ1) is 11.1. The van der Waals surface area contributed by atoms with E-state index in [0.29, 0.717) is 6.07 Å². The van der Waals surface area contributed by atoms with Crippen LogP contribution in [0.25, 0.3) is 0 Å². The Kier molecular flexibility index (Phi) is 4.44. The van der Waals surface area contributed by atoms with E-state index >= 15 is 0 Å². The molecule has 1 amide bonds. The van der Waals surface area contributed by atoms with Crippen molar-refractivity contribution in [2.24, 2.45) is 0 Å². The van der Waals surface area contributed by atoms with Gasteiger partial charge in [-0.05, 0) is 18.2 Å². The van der Waals surface area contributed by atoms with Gasteiger partial charge in [-0.15, -0.1) is 0 Å². The standard InChI is InChI=1S/C14H12N2O7S/c15-10-11(16-13(18)7-4-2-1-3-5-7)9(24(21,22)23)6-8(12(10)17)14(19)20/h1-6,17H,15H2,(H,16,18)(H,19,20)(H,21,22,23). The van der Waals surface area contributed by atoms with E-state index in [2.05, 4.69) is 5.32 Å². The number of nitrogens with two attached hydrogens (primary N) is 1. The van der Waals surface area contributed by atoms with E-state index in [1.54, 1.807) is 18.2 Å². The first kappa shape index (κ1) is 17.2. The van der Waals surface area contributed by atoms with E-state index in [1.807, 2.05) is 0 Å². The molecule has 2 aromatic carbocycles. The second-order valence-corrected chi connectivity index (χ2v) is 6.05. The number of anilines is 2. The van der Waals surface area contributed by atoms with Crippen LogP contribution in [0.5, 0.6) is 5.75 Å². The van der Waals surface area contributed by atoms with Gasteiger partial charge in [-0.2, -0.15) is 8.42 Å². The normalized spacial score (nSPS) is 11.0. The molecule has 0 saturated carbocycles. The maximum Gasteiger partial charge on any atom is 0.339 e. The van der Waals surface area contributed by atoms with E-state index in [0.717, 1.165) is 0 Å². The van der Waals surface area contributed by atoms with Gasteiger partial charge in [0.15, 0.2) is 5.75 Å². The number of aromatic carboxylic acids is 1. The van der Waals surface area contributed by atoms with Crippen molar-refractivity contribution >= 4 is 33.4 Å². The van der Waals surface area contributed by atoms with E-state index < -0.39 is 49.6 Å². The zero-order chi connectivity index (χ0) is 18.1. The summed E-state index contributed by atoms with van der Waals surface area (Å²) in [5.74, 6) is -3.36. The van der Waals surface area contributed by atoms with Gasteiger partial charge >= 0.3 is 5.97 Å². The molecule has 0 fully saturated rings. The van der Waals surface area contributed by atoms with Crippen LogP contribution >= 0.6 is 0 Å². The maximum absolute atomic E-state index is 12.1. The predicted molar refractivity (Wildman–Crippen MR) is 83.7 cm³/mol. The van der Waals surface area contributed by atoms with Crippen LogP contribution in [0, 0.1) is 0 Å². The lowest BCUT2D eigenvalue weighted by atomic mass is 10.1. The van der Waals surface area contributed by atoms with Crippen LogP contribution in [0.1, 0.15) is 20.7 Å². The van der Waals surface area contributed by atoms with Crippen molar-refractivity contribution < 1.29 is 32.8 Å². The summed E-state index contributed by atoms with van der Waals surface area (Å²) in [7, 11) is -4.93. The lowest BCUT2D eigenvalue weighted by Crippen LogP contribution is -2.17. The van der Waals surface area contributed by atoms with Crippen molar-refractivity contribution in [2.75, 3.05) is 11.1 Å². The van der Waals surface area contributed by atoms with Crippen molar-refractivity contribution in [3.8, 4) is 5.75 Å². The number of carbonyl (C=O) groups is 2. The van der Waals surface area contributed by atoms with Gasteiger partial charge in [-0.1, -0.05) is 18.2 Å². The number of hydrogen-bond acceptors (Lipinski definition) is 6. The van der Waals surface area contributed by atoms with Crippen LogP contribution in [-0.4, -0.2) is 35.1 Å². The molecule has 6 N–H and O–H groups in total. The summed E-state index contributed by atoms with van der Waals surface area (Å²) >= 11 is 0. The zero-order valence-electron chi connectivity index (χ0n) is 11.9. The van der Waals surface area contributed by atoms with Gasteiger partial charge in [-0.3, -0.25) is 9.35 Å². The summed E-state index contributed by atoms with van der Waals surface area (Å²) in [5, 5.41) is 20.9. The van der Waals surface area contributed by atoms with Gasteiger partial charge in [0, 0.05) is 5.56 Å². The monoisotopic (exact) mass is 352 g/mol. The highest BCUT2D eigenvalue weighted by Crippen LogP contribution is 2.38. The number of carbonyl (C=O) groups excluding carboxylic acids is 1. The Labute approximate surface area is 136 Å². The van der Waals surface area contributed by atoms with E-state index in [1.165, 1.54) is 12.1 Å². The lowest BCUT2D eigenvalue weighted by Gasteiger charge is -2.15. The minimum Gasteiger partial charge on any atom is -0.505 e. The van der Waals surface area contributed by atoms with Crippen LogP contribution in [0.2, 0.25) is 0 Å². The van der Waals surface area contributed by atoms with Crippen LogP contribution in [-0.2, 0) is 10.1 Å². The molecule has 0 radical (unpaired) electrons. The number of aromatic hydroxyl groups is 1. The number of hydrogen-bond donors (Lipinski definition) is 5. The molecule has 0 aromatic heterocycles. The molecule has 0 aliphatic heterocycles. The molecule has 0 aliphatic carbocycles. The number of carboxylic acid groups (broad SMARTS) is 1. The van der Waals surface area contributed by atoms with Gasteiger partial charge in [0.05, 0.1) is 5.69 Å². The largest absolute Gasteiger partial charge is 0.505 e. The Bertz CT molecular complexity index is 924. The summed E-state index contributed by atoms with van der Waals surface area (Å²) < 4.78 is 32.2. The molecule has 126 valence electrons. The second kappa shape index (κ2) is 6.18. The number of phenols is 1. The summed E-state index contributed by atoms with van der Waals surface area (Å²) in [6.07, 6.45) is 0. The number of amides is 1. The first-order valence-corrected chi connectivity index (χ1v) is 7.79. The third kappa shape index (κ3) is 3.29. The molecular weight excluding hydrogens is 340 g/mol. The van der Waals surface area contributed by atoms with Gasteiger partial charge in [0.2, 0.25) is 0 Å². The fourth-order valence-electron chi connectivity index (χ4n) is 1.94. The first-order valence-electron chi connectivity index (χ1n) is 6.35. The average molecular weight is 352 g/mol. The summed E-state index contributed by atoms with van der Waals surface area (Å²) in [6, 6.07) is 8.15. The minimum atomic E-state index is -4.93. The van der Waals surface area contributed by atoms with Crippen molar-refractivity contribution in [1.29, 1.82) is 0 Å². The van der Waals surface area contributed by atoms with Crippen molar-refractivity contribution in [2.45, 2.75) is 4.90 Å². The second-order valence-electron chi connectivity index (χ2n) is 4.66. The van der Waals surface area contributed by atoms with Crippen LogP contribution in [0.4, 0.5) is 11.4 Å². The third-order valence-electron chi connectivity index (χ3n) is 3.08. The molecule has 0 spiro atoms. The van der Waals surface area contributed by atoms with E-state index in [-0.39, 0.29) is 5.56 Å². The number of nitrogens with one attached hydrogen (secondary N) is 1. The molecule has 0 unspecified atom stereocenters. The summed E-state index contributed by atoms with van der Waals surface area (Å²) in [4.78, 5) is 22.2. The molecule has 0 aliphatic rings. The van der Waals surface area contributed by atoms with E-state index in [9.17, 15) is 27.7 Å². The highest BCUT2D eigenvalue weighted by Gasteiger charge is 2.27. The smallest absolute Gasteiger partial charge is 0.339 e. The Hall–Kier alpha value is -3.11. The Morgan fingerprint density at radius 2 is 1.71 bits per heavy atom. The molecule has 0 atom stereocenters. The lowest BCUT2D eigenvalue weighted by molar-refractivity contribution is 0.0693. The summed E-state index contributed by atoms with van der Waals surface area (Å²) in [5.41, 5.74) is 3.54. The molecule has 0 saturated heterocycles. The SMILES string of the molecule is Nc1c(O)c(C(=O)O)cc(S(=O)(=O)O)c1NC(=O)c1ccccc1. The number of nitrogen functional groups attached to an aromatic ring is 1. The highest BCUT2D eigenvalue weighted by atomic mass is 32.2. The molecule has 2 rings (SSSR count). The Balaban J connectivity index is 2.63.